The lowest BCUT2D eigenvalue weighted by molar-refractivity contribution is 0.714. The second kappa shape index (κ2) is 6.35. The molecule has 1 atom stereocenters. The van der Waals surface area contributed by atoms with Gasteiger partial charge in [0.2, 0.25) is 5.95 Å². The highest BCUT2D eigenvalue weighted by Crippen LogP contribution is 2.28. The number of anilines is 1. The highest BCUT2D eigenvalue weighted by Gasteiger charge is 2.16. The maximum absolute atomic E-state index is 6.22. The van der Waals surface area contributed by atoms with Crippen molar-refractivity contribution in [2.24, 2.45) is 0 Å². The Bertz CT molecular complexity index is 545. The predicted molar refractivity (Wildman–Crippen MR) is 82.9 cm³/mol. The van der Waals surface area contributed by atoms with E-state index in [0.717, 1.165) is 21.5 Å². The molecule has 0 N–H and O–H groups in total. The van der Waals surface area contributed by atoms with E-state index in [1.807, 2.05) is 48.6 Å². The monoisotopic (exact) mass is 339 g/mol. The van der Waals surface area contributed by atoms with Crippen LogP contribution in [-0.4, -0.2) is 17.0 Å². The molecule has 19 heavy (non-hydrogen) atoms. The molecule has 0 aliphatic heterocycles. The summed E-state index contributed by atoms with van der Waals surface area (Å²) in [4.78, 5) is 10.7. The second-order valence-corrected chi connectivity index (χ2v) is 5.30. The van der Waals surface area contributed by atoms with Gasteiger partial charge in [-0.2, -0.15) is 0 Å². The lowest BCUT2D eigenvalue weighted by atomic mass is 10.1. The summed E-state index contributed by atoms with van der Waals surface area (Å²) in [6, 6.07) is 7.95. The Kier molecular flexibility index (Phi) is 4.77. The summed E-state index contributed by atoms with van der Waals surface area (Å²) in [7, 11) is 1.97. The van der Waals surface area contributed by atoms with Crippen molar-refractivity contribution in [3.05, 3.63) is 52.8 Å². The van der Waals surface area contributed by atoms with Gasteiger partial charge in [-0.3, -0.25) is 0 Å². The average molecular weight is 341 g/mol. The SMILES string of the molecule is CC(c1ccccc1Cl)N(C)c1ncc(CBr)cn1. The fourth-order valence-electron chi connectivity index (χ4n) is 1.79. The highest BCUT2D eigenvalue weighted by atomic mass is 79.9. The first kappa shape index (κ1) is 14.3. The Labute approximate surface area is 126 Å². The van der Waals surface area contributed by atoms with Crippen molar-refractivity contribution >= 4 is 33.5 Å². The molecular formula is C14H15BrClN3. The Balaban J connectivity index is 2.23. The fraction of sp³-hybridized carbons (Fsp3) is 0.286. The third-order valence-electron chi connectivity index (χ3n) is 3.10. The molecule has 5 heteroatoms. The summed E-state index contributed by atoms with van der Waals surface area (Å²) >= 11 is 9.61. The van der Waals surface area contributed by atoms with Crippen LogP contribution in [0.3, 0.4) is 0 Å². The minimum absolute atomic E-state index is 0.114. The zero-order chi connectivity index (χ0) is 13.8. The number of aromatic nitrogens is 2. The van der Waals surface area contributed by atoms with Gasteiger partial charge in [-0.15, -0.1) is 0 Å². The summed E-state index contributed by atoms with van der Waals surface area (Å²) in [5, 5.41) is 1.52. The van der Waals surface area contributed by atoms with E-state index in [1.165, 1.54) is 0 Å². The van der Waals surface area contributed by atoms with Crippen molar-refractivity contribution in [2.75, 3.05) is 11.9 Å². The standard InChI is InChI=1S/C14H15BrClN3/c1-10(12-5-3-4-6-13(12)16)19(2)14-17-8-11(7-15)9-18-14/h3-6,8-10H,7H2,1-2H3. The van der Waals surface area contributed by atoms with Gasteiger partial charge in [0.15, 0.2) is 0 Å². The molecule has 2 aromatic rings. The number of hydrogen-bond donors (Lipinski definition) is 0. The minimum atomic E-state index is 0.114. The van der Waals surface area contributed by atoms with E-state index in [4.69, 9.17) is 11.6 Å². The third kappa shape index (κ3) is 3.25. The van der Waals surface area contributed by atoms with E-state index in [-0.39, 0.29) is 6.04 Å². The van der Waals surface area contributed by atoms with E-state index in [2.05, 4.69) is 32.8 Å². The number of alkyl halides is 1. The van der Waals surface area contributed by atoms with Crippen molar-refractivity contribution in [3.8, 4) is 0 Å². The van der Waals surface area contributed by atoms with Crippen molar-refractivity contribution in [3.63, 3.8) is 0 Å². The van der Waals surface area contributed by atoms with E-state index in [0.29, 0.717) is 5.95 Å². The maximum Gasteiger partial charge on any atom is 0.225 e. The molecule has 1 aromatic carbocycles. The molecule has 0 saturated heterocycles. The Morgan fingerprint density at radius 3 is 2.47 bits per heavy atom. The van der Waals surface area contributed by atoms with Gasteiger partial charge in [-0.05, 0) is 24.1 Å². The normalized spacial score (nSPS) is 12.2. The molecule has 1 heterocycles. The van der Waals surface area contributed by atoms with Crippen LogP contribution in [0.2, 0.25) is 5.02 Å². The van der Waals surface area contributed by atoms with Crippen LogP contribution in [0.5, 0.6) is 0 Å². The molecule has 1 aromatic heterocycles. The quantitative estimate of drug-likeness (QED) is 0.780. The molecule has 0 amide bonds. The molecule has 0 saturated carbocycles. The molecule has 1 unspecified atom stereocenters. The van der Waals surface area contributed by atoms with Crippen molar-refractivity contribution < 1.29 is 0 Å². The van der Waals surface area contributed by atoms with E-state index >= 15 is 0 Å². The van der Waals surface area contributed by atoms with Gasteiger partial charge >= 0.3 is 0 Å². The molecule has 0 spiro atoms. The molecule has 0 fully saturated rings. The summed E-state index contributed by atoms with van der Waals surface area (Å²) in [6.07, 6.45) is 3.65. The molecule has 0 radical (unpaired) electrons. The van der Waals surface area contributed by atoms with Crippen LogP contribution in [0.1, 0.15) is 24.1 Å². The first-order chi connectivity index (χ1) is 9.13. The van der Waals surface area contributed by atoms with Gasteiger partial charge in [0.25, 0.3) is 0 Å². The predicted octanol–water partition coefficient (Wildman–Crippen LogP) is 4.22. The first-order valence-electron chi connectivity index (χ1n) is 5.97. The van der Waals surface area contributed by atoms with E-state index < -0.39 is 0 Å². The molecular weight excluding hydrogens is 326 g/mol. The summed E-state index contributed by atoms with van der Waals surface area (Å²) < 4.78 is 0. The van der Waals surface area contributed by atoms with Crippen LogP contribution < -0.4 is 4.90 Å². The molecule has 2 rings (SSSR count). The molecule has 0 bridgehead atoms. The lowest BCUT2D eigenvalue weighted by Gasteiger charge is -2.25. The summed E-state index contributed by atoms with van der Waals surface area (Å²) in [5.74, 6) is 0.692. The smallest absolute Gasteiger partial charge is 0.225 e. The second-order valence-electron chi connectivity index (χ2n) is 4.33. The van der Waals surface area contributed by atoms with Gasteiger partial charge in [0.1, 0.15) is 0 Å². The molecule has 0 aliphatic rings. The molecule has 3 nitrogen and oxygen atoms in total. The number of benzene rings is 1. The van der Waals surface area contributed by atoms with Crippen LogP contribution >= 0.6 is 27.5 Å². The number of hydrogen-bond acceptors (Lipinski definition) is 3. The molecule has 0 aliphatic carbocycles. The number of rotatable bonds is 4. The number of nitrogens with zero attached hydrogens (tertiary/aromatic N) is 3. The highest BCUT2D eigenvalue weighted by molar-refractivity contribution is 9.08. The van der Waals surface area contributed by atoms with Gasteiger partial charge in [-0.1, -0.05) is 45.7 Å². The van der Waals surface area contributed by atoms with Crippen LogP contribution in [0.15, 0.2) is 36.7 Å². The maximum atomic E-state index is 6.22. The van der Waals surface area contributed by atoms with Gasteiger partial charge in [0, 0.05) is 29.8 Å². The third-order valence-corrected chi connectivity index (χ3v) is 4.09. The van der Waals surface area contributed by atoms with E-state index in [9.17, 15) is 0 Å². The zero-order valence-electron chi connectivity index (χ0n) is 10.8. The van der Waals surface area contributed by atoms with Gasteiger partial charge < -0.3 is 4.90 Å². The van der Waals surface area contributed by atoms with Crippen molar-refractivity contribution in [1.29, 1.82) is 0 Å². The Morgan fingerprint density at radius 1 is 1.26 bits per heavy atom. The Morgan fingerprint density at radius 2 is 1.89 bits per heavy atom. The van der Waals surface area contributed by atoms with Crippen molar-refractivity contribution in [1.82, 2.24) is 9.97 Å². The van der Waals surface area contributed by atoms with Crippen LogP contribution in [-0.2, 0) is 5.33 Å². The largest absolute Gasteiger partial charge is 0.337 e. The average Bonchev–Trinajstić information content (AvgIpc) is 2.46. The van der Waals surface area contributed by atoms with Gasteiger partial charge in [-0.25, -0.2) is 9.97 Å². The lowest BCUT2D eigenvalue weighted by Crippen LogP contribution is -2.24. The summed E-state index contributed by atoms with van der Waals surface area (Å²) in [6.45, 7) is 2.09. The Hall–Kier alpha value is -1.13. The minimum Gasteiger partial charge on any atom is -0.337 e. The summed E-state index contributed by atoms with van der Waals surface area (Å²) in [5.41, 5.74) is 2.13. The van der Waals surface area contributed by atoms with Crippen LogP contribution in [0, 0.1) is 0 Å². The van der Waals surface area contributed by atoms with Crippen LogP contribution in [0.4, 0.5) is 5.95 Å². The molecule has 100 valence electrons. The van der Waals surface area contributed by atoms with Crippen LogP contribution in [0.25, 0.3) is 0 Å². The van der Waals surface area contributed by atoms with E-state index in [1.54, 1.807) is 0 Å². The first-order valence-corrected chi connectivity index (χ1v) is 7.47. The van der Waals surface area contributed by atoms with Crippen molar-refractivity contribution in [2.45, 2.75) is 18.3 Å². The fourth-order valence-corrected chi connectivity index (χ4v) is 2.38. The topological polar surface area (TPSA) is 29.0 Å². The zero-order valence-corrected chi connectivity index (χ0v) is 13.2. The van der Waals surface area contributed by atoms with Gasteiger partial charge in [0.05, 0.1) is 6.04 Å². The number of halogens is 2.